The van der Waals surface area contributed by atoms with E-state index in [-0.39, 0.29) is 5.91 Å². The number of rotatable bonds is 15. The Balaban J connectivity index is 3.50. The summed E-state index contributed by atoms with van der Waals surface area (Å²) in [4.78, 5) is 22.1. The molecule has 0 spiro atoms. The first-order valence-electron chi connectivity index (χ1n) is 9.55. The van der Waals surface area contributed by atoms with Crippen LogP contribution in [0.4, 0.5) is 0 Å². The monoisotopic (exact) mass is 349 g/mol. The molecule has 4 heteroatoms. The second-order valence-corrected chi connectivity index (χ2v) is 6.25. The summed E-state index contributed by atoms with van der Waals surface area (Å²) in [5.41, 5.74) is 0. The fourth-order valence-corrected chi connectivity index (χ4v) is 2.21. The number of nitrogens with one attached hydrogen (secondary N) is 1. The van der Waals surface area contributed by atoms with Gasteiger partial charge in [-0.2, -0.15) is 0 Å². The number of aliphatic carboxylic acids is 1. The van der Waals surface area contributed by atoms with Gasteiger partial charge in [0.2, 0.25) is 5.91 Å². The maximum absolute atomic E-state index is 11.5. The summed E-state index contributed by atoms with van der Waals surface area (Å²) in [5.74, 6) is -1.19. The third kappa shape index (κ3) is 16.8. The highest BCUT2D eigenvalue weighted by atomic mass is 16.4. The second-order valence-electron chi connectivity index (χ2n) is 6.25. The lowest BCUT2D eigenvalue weighted by Gasteiger charge is -2.08. The van der Waals surface area contributed by atoms with Gasteiger partial charge in [0.15, 0.2) is 0 Å². The fraction of sp³-hybridized carbons (Fsp3) is 0.619. The van der Waals surface area contributed by atoms with E-state index in [9.17, 15) is 9.59 Å². The molecule has 0 heterocycles. The Morgan fingerprint density at radius 1 is 0.880 bits per heavy atom. The quantitative estimate of drug-likeness (QED) is 0.317. The van der Waals surface area contributed by atoms with E-state index in [1.807, 2.05) is 0 Å². The fourth-order valence-electron chi connectivity index (χ4n) is 2.21. The van der Waals surface area contributed by atoms with Crippen LogP contribution in [0.5, 0.6) is 0 Å². The highest BCUT2D eigenvalue weighted by molar-refractivity contribution is 5.83. The zero-order valence-corrected chi connectivity index (χ0v) is 15.9. The van der Waals surface area contributed by atoms with Gasteiger partial charge < -0.3 is 10.4 Å². The molecule has 25 heavy (non-hydrogen) atoms. The number of carbonyl (C=O) groups is 2. The van der Waals surface area contributed by atoms with Crippen LogP contribution in [0.1, 0.15) is 78.1 Å². The van der Waals surface area contributed by atoms with Gasteiger partial charge in [-0.05, 0) is 51.9 Å². The lowest BCUT2D eigenvalue weighted by atomic mass is 10.1. The van der Waals surface area contributed by atoms with E-state index in [0.29, 0.717) is 6.42 Å². The minimum atomic E-state index is -1.00. The van der Waals surface area contributed by atoms with Gasteiger partial charge in [0.05, 0.1) is 0 Å². The van der Waals surface area contributed by atoms with Gasteiger partial charge in [-0.1, -0.05) is 56.2 Å². The van der Waals surface area contributed by atoms with Crippen LogP contribution in [0.3, 0.4) is 0 Å². The van der Waals surface area contributed by atoms with E-state index < -0.39 is 12.0 Å². The van der Waals surface area contributed by atoms with Gasteiger partial charge in [0.1, 0.15) is 6.04 Å². The molecule has 0 aromatic heterocycles. The Hall–Kier alpha value is -1.84. The van der Waals surface area contributed by atoms with Crippen LogP contribution in [0.2, 0.25) is 0 Å². The molecule has 0 rings (SSSR count). The van der Waals surface area contributed by atoms with E-state index in [1.54, 1.807) is 0 Å². The predicted molar refractivity (Wildman–Crippen MR) is 105 cm³/mol. The molecule has 0 aliphatic rings. The molecule has 0 aromatic rings. The van der Waals surface area contributed by atoms with Crippen molar-refractivity contribution in [2.75, 3.05) is 0 Å². The SMILES string of the molecule is CCCCC/C=C\C/C=C\C/C=C\CCCCC(=O)NC(C)C(=O)O. The average molecular weight is 350 g/mol. The van der Waals surface area contributed by atoms with Crippen LogP contribution in [0.15, 0.2) is 36.5 Å². The normalized spacial score (nSPS) is 13.0. The van der Waals surface area contributed by atoms with Gasteiger partial charge in [-0.25, -0.2) is 0 Å². The minimum Gasteiger partial charge on any atom is -0.480 e. The molecule has 0 fully saturated rings. The maximum atomic E-state index is 11.5. The lowest BCUT2D eigenvalue weighted by molar-refractivity contribution is -0.141. The van der Waals surface area contributed by atoms with Crippen molar-refractivity contribution < 1.29 is 14.7 Å². The number of hydrogen-bond donors (Lipinski definition) is 2. The van der Waals surface area contributed by atoms with Crippen LogP contribution in [0.25, 0.3) is 0 Å². The molecule has 142 valence electrons. The summed E-state index contributed by atoms with van der Waals surface area (Å²) in [6, 6.07) is -0.814. The van der Waals surface area contributed by atoms with Crippen molar-refractivity contribution in [3.63, 3.8) is 0 Å². The van der Waals surface area contributed by atoms with Crippen LogP contribution in [0, 0.1) is 0 Å². The summed E-state index contributed by atoms with van der Waals surface area (Å²) in [5, 5.41) is 11.2. The van der Waals surface area contributed by atoms with E-state index in [0.717, 1.165) is 32.1 Å². The van der Waals surface area contributed by atoms with Gasteiger partial charge in [-0.15, -0.1) is 0 Å². The minimum absolute atomic E-state index is 0.190. The van der Waals surface area contributed by atoms with Crippen molar-refractivity contribution in [1.29, 1.82) is 0 Å². The molecule has 0 bridgehead atoms. The van der Waals surface area contributed by atoms with Crippen molar-refractivity contribution in [2.24, 2.45) is 0 Å². The first kappa shape index (κ1) is 23.2. The first-order valence-corrected chi connectivity index (χ1v) is 9.55. The van der Waals surface area contributed by atoms with E-state index in [1.165, 1.54) is 32.6 Å². The summed E-state index contributed by atoms with van der Waals surface area (Å²) in [7, 11) is 0. The number of unbranched alkanes of at least 4 members (excludes halogenated alkanes) is 5. The third-order valence-corrected chi connectivity index (χ3v) is 3.79. The van der Waals surface area contributed by atoms with Crippen molar-refractivity contribution in [3.05, 3.63) is 36.5 Å². The van der Waals surface area contributed by atoms with E-state index >= 15 is 0 Å². The van der Waals surface area contributed by atoms with Crippen LogP contribution >= 0.6 is 0 Å². The molecule has 4 nitrogen and oxygen atoms in total. The van der Waals surface area contributed by atoms with Gasteiger partial charge >= 0.3 is 5.97 Å². The molecule has 0 aliphatic heterocycles. The number of carbonyl (C=O) groups excluding carboxylic acids is 1. The third-order valence-electron chi connectivity index (χ3n) is 3.79. The van der Waals surface area contributed by atoms with Gasteiger partial charge in [0, 0.05) is 6.42 Å². The molecule has 0 radical (unpaired) electrons. The summed E-state index contributed by atoms with van der Waals surface area (Å²) >= 11 is 0. The highest BCUT2D eigenvalue weighted by Gasteiger charge is 2.12. The molecular weight excluding hydrogens is 314 g/mol. The Labute approximate surface area is 153 Å². The molecule has 1 atom stereocenters. The number of amides is 1. The number of carboxylic acid groups (broad SMARTS) is 1. The maximum Gasteiger partial charge on any atom is 0.325 e. The van der Waals surface area contributed by atoms with Gasteiger partial charge in [0.25, 0.3) is 0 Å². The zero-order chi connectivity index (χ0) is 18.8. The molecular formula is C21H35NO3. The van der Waals surface area contributed by atoms with Crippen LogP contribution < -0.4 is 5.32 Å². The Morgan fingerprint density at radius 2 is 1.40 bits per heavy atom. The standard InChI is InChI=1S/C21H35NO3/c1-3-4-5-6-7-8-9-10-11-12-13-14-15-16-17-18-20(23)22-19(2)21(24)25/h7-8,10-11,13-14,19H,3-6,9,12,15-18H2,1-2H3,(H,22,23)(H,24,25)/b8-7-,11-10-,14-13-. The number of carboxylic acids is 1. The Bertz CT molecular complexity index is 438. The molecule has 1 unspecified atom stereocenters. The molecule has 0 saturated carbocycles. The summed E-state index contributed by atoms with van der Waals surface area (Å²) < 4.78 is 0. The van der Waals surface area contributed by atoms with Crippen molar-refractivity contribution in [3.8, 4) is 0 Å². The zero-order valence-electron chi connectivity index (χ0n) is 15.9. The molecule has 0 aromatic carbocycles. The average Bonchev–Trinajstić information content (AvgIpc) is 2.58. The predicted octanol–water partition coefficient (Wildman–Crippen LogP) is 5.17. The Morgan fingerprint density at radius 3 is 1.92 bits per heavy atom. The van der Waals surface area contributed by atoms with E-state index in [2.05, 4.69) is 48.7 Å². The first-order chi connectivity index (χ1) is 12.1. The molecule has 0 aliphatic carbocycles. The topological polar surface area (TPSA) is 66.4 Å². The molecule has 2 N–H and O–H groups in total. The van der Waals surface area contributed by atoms with Crippen molar-refractivity contribution >= 4 is 11.9 Å². The number of hydrogen-bond acceptors (Lipinski definition) is 2. The Kier molecular flexibility index (Phi) is 15.7. The largest absolute Gasteiger partial charge is 0.480 e. The van der Waals surface area contributed by atoms with Crippen LogP contribution in [-0.4, -0.2) is 23.0 Å². The van der Waals surface area contributed by atoms with Crippen molar-refractivity contribution in [2.45, 2.75) is 84.1 Å². The lowest BCUT2D eigenvalue weighted by Crippen LogP contribution is -2.38. The smallest absolute Gasteiger partial charge is 0.325 e. The van der Waals surface area contributed by atoms with Crippen molar-refractivity contribution in [1.82, 2.24) is 5.32 Å². The molecule has 0 saturated heterocycles. The number of allylic oxidation sites excluding steroid dienone is 6. The molecule has 1 amide bonds. The summed E-state index contributed by atoms with van der Waals surface area (Å²) in [6.45, 7) is 3.69. The van der Waals surface area contributed by atoms with Crippen LogP contribution in [-0.2, 0) is 9.59 Å². The van der Waals surface area contributed by atoms with Gasteiger partial charge in [-0.3, -0.25) is 9.59 Å². The summed E-state index contributed by atoms with van der Waals surface area (Å²) in [6.07, 6.45) is 23.2. The van der Waals surface area contributed by atoms with E-state index in [4.69, 9.17) is 5.11 Å². The second kappa shape index (κ2) is 17.0. The highest BCUT2D eigenvalue weighted by Crippen LogP contribution is 2.03.